The zero-order valence-corrected chi connectivity index (χ0v) is 17.3. The minimum Gasteiger partial charge on any atom is -0.459 e. The van der Waals surface area contributed by atoms with Crippen LogP contribution in [0.1, 0.15) is 49.7 Å². The number of furan rings is 1. The number of hydrogen-bond acceptors (Lipinski definition) is 7. The summed E-state index contributed by atoms with van der Waals surface area (Å²) in [4.78, 5) is 27.3. The number of nitrogens with zero attached hydrogens (tertiary/aromatic N) is 1. The summed E-state index contributed by atoms with van der Waals surface area (Å²) in [6.07, 6.45) is 1.85. The lowest BCUT2D eigenvalue weighted by molar-refractivity contribution is 0.00942. The number of amides is 1. The van der Waals surface area contributed by atoms with E-state index >= 15 is 0 Å². The summed E-state index contributed by atoms with van der Waals surface area (Å²) in [5.41, 5.74) is 4.00. The third-order valence-corrected chi connectivity index (χ3v) is 6.27. The molecular weight excluding hydrogens is 412 g/mol. The molecular formula is C24H20N2O6. The Balaban J connectivity index is 1.34. The van der Waals surface area contributed by atoms with Gasteiger partial charge < -0.3 is 23.9 Å². The maximum atomic E-state index is 12.8. The first kappa shape index (κ1) is 18.9. The van der Waals surface area contributed by atoms with Crippen LogP contribution in [-0.2, 0) is 11.2 Å². The first-order valence-corrected chi connectivity index (χ1v) is 10.4. The molecule has 1 amide bonds. The summed E-state index contributed by atoms with van der Waals surface area (Å²) >= 11 is 0. The molecule has 0 spiro atoms. The first-order chi connectivity index (χ1) is 15.6. The Kier molecular flexibility index (Phi) is 4.22. The van der Waals surface area contributed by atoms with Gasteiger partial charge in [0.25, 0.3) is 5.91 Å². The molecule has 8 heteroatoms. The minimum atomic E-state index is -0.461. The molecule has 3 aliphatic heterocycles. The maximum Gasteiger partial charge on any atom is 0.339 e. The van der Waals surface area contributed by atoms with E-state index in [1.807, 2.05) is 25.2 Å². The monoisotopic (exact) mass is 432 g/mol. The van der Waals surface area contributed by atoms with Gasteiger partial charge in [0.15, 0.2) is 17.3 Å². The summed E-state index contributed by atoms with van der Waals surface area (Å²) < 4.78 is 22.1. The van der Waals surface area contributed by atoms with E-state index in [4.69, 9.17) is 18.6 Å². The predicted octanol–water partition coefficient (Wildman–Crippen LogP) is 3.70. The Morgan fingerprint density at radius 3 is 2.75 bits per heavy atom. The smallest absolute Gasteiger partial charge is 0.339 e. The van der Waals surface area contributed by atoms with Gasteiger partial charge in [0.05, 0.1) is 17.9 Å². The quantitative estimate of drug-likeness (QED) is 0.631. The lowest BCUT2D eigenvalue weighted by atomic mass is 9.86. The van der Waals surface area contributed by atoms with Crippen molar-refractivity contribution < 1.29 is 28.2 Å². The first-order valence-electron chi connectivity index (χ1n) is 10.4. The fraction of sp³-hybridized carbons (Fsp3) is 0.250. The number of carbonyl (C=O) groups is 2. The van der Waals surface area contributed by atoms with Gasteiger partial charge in [0, 0.05) is 17.8 Å². The largest absolute Gasteiger partial charge is 0.459 e. The highest BCUT2D eigenvalue weighted by atomic mass is 16.7. The number of anilines is 1. The molecule has 1 aromatic heterocycles. The molecule has 0 aliphatic carbocycles. The summed E-state index contributed by atoms with van der Waals surface area (Å²) in [7, 11) is 2.03. The Labute approximate surface area is 183 Å². The van der Waals surface area contributed by atoms with Crippen molar-refractivity contribution in [2.45, 2.75) is 18.6 Å². The molecule has 0 saturated carbocycles. The molecule has 2 unspecified atom stereocenters. The summed E-state index contributed by atoms with van der Waals surface area (Å²) in [6, 6.07) is 12.4. The number of rotatable bonds is 3. The van der Waals surface area contributed by atoms with Crippen molar-refractivity contribution in [1.82, 2.24) is 4.90 Å². The van der Waals surface area contributed by atoms with Crippen LogP contribution in [0.2, 0.25) is 0 Å². The van der Waals surface area contributed by atoms with Gasteiger partial charge in [-0.25, -0.2) is 4.79 Å². The molecule has 6 rings (SSSR count). The molecule has 3 aliphatic rings. The van der Waals surface area contributed by atoms with Crippen molar-refractivity contribution in [2.75, 3.05) is 25.7 Å². The van der Waals surface area contributed by atoms with Crippen molar-refractivity contribution in [3.05, 3.63) is 76.7 Å². The maximum absolute atomic E-state index is 12.8. The molecule has 32 heavy (non-hydrogen) atoms. The molecule has 8 nitrogen and oxygen atoms in total. The van der Waals surface area contributed by atoms with Gasteiger partial charge in [-0.2, -0.15) is 0 Å². The summed E-state index contributed by atoms with van der Waals surface area (Å²) in [6.45, 7) is 1.05. The molecule has 3 aromatic rings. The fourth-order valence-corrected chi connectivity index (χ4v) is 4.70. The van der Waals surface area contributed by atoms with E-state index < -0.39 is 12.1 Å². The van der Waals surface area contributed by atoms with Crippen LogP contribution in [-0.4, -0.2) is 37.2 Å². The van der Waals surface area contributed by atoms with E-state index in [-0.39, 0.29) is 24.5 Å². The van der Waals surface area contributed by atoms with E-state index in [9.17, 15) is 9.59 Å². The van der Waals surface area contributed by atoms with Crippen LogP contribution in [0.15, 0.2) is 53.1 Å². The Bertz CT molecular complexity index is 1240. The second kappa shape index (κ2) is 7.13. The number of cyclic esters (lactones) is 1. The van der Waals surface area contributed by atoms with Gasteiger partial charge in [0.2, 0.25) is 6.79 Å². The van der Waals surface area contributed by atoms with E-state index in [1.54, 1.807) is 24.3 Å². The molecule has 0 fully saturated rings. The van der Waals surface area contributed by atoms with Crippen molar-refractivity contribution >= 4 is 17.6 Å². The second-order valence-electron chi connectivity index (χ2n) is 8.14. The van der Waals surface area contributed by atoms with Crippen molar-refractivity contribution in [3.8, 4) is 11.5 Å². The van der Waals surface area contributed by atoms with Crippen LogP contribution in [0.4, 0.5) is 5.69 Å². The van der Waals surface area contributed by atoms with Crippen LogP contribution >= 0.6 is 0 Å². The lowest BCUT2D eigenvalue weighted by Gasteiger charge is -2.37. The zero-order chi connectivity index (χ0) is 21.8. The standard InChI is InChI=1S/C24H20N2O6/c1-26-7-6-13-9-19-20(31-12-30-19)11-16(13)21(26)22-15-5-4-14(10-17(15)24(28)32-22)25-23(27)18-3-2-8-29-18/h2-5,8-11,21-22H,6-7,12H2,1H3,(H,25,27). The van der Waals surface area contributed by atoms with Gasteiger partial charge in [0.1, 0.15) is 6.10 Å². The molecule has 0 radical (unpaired) electrons. The Hall–Kier alpha value is -3.78. The molecule has 1 N–H and O–H groups in total. The Morgan fingerprint density at radius 1 is 1.09 bits per heavy atom. The number of hydrogen-bond donors (Lipinski definition) is 1. The third-order valence-electron chi connectivity index (χ3n) is 6.27. The topological polar surface area (TPSA) is 90.2 Å². The van der Waals surface area contributed by atoms with Gasteiger partial charge in [-0.1, -0.05) is 6.07 Å². The number of carbonyl (C=O) groups excluding carboxylic acids is 2. The van der Waals surface area contributed by atoms with E-state index in [2.05, 4.69) is 10.2 Å². The predicted molar refractivity (Wildman–Crippen MR) is 113 cm³/mol. The molecule has 0 saturated heterocycles. The van der Waals surface area contributed by atoms with Crippen molar-refractivity contribution in [1.29, 1.82) is 0 Å². The SMILES string of the molecule is CN1CCc2cc3c(cc2C1C1OC(=O)c2cc(NC(=O)c4ccco4)ccc21)OCO3. The van der Waals surface area contributed by atoms with E-state index in [0.717, 1.165) is 29.8 Å². The second-order valence-corrected chi connectivity index (χ2v) is 8.14. The highest BCUT2D eigenvalue weighted by molar-refractivity contribution is 6.03. The number of esters is 1. The summed E-state index contributed by atoms with van der Waals surface area (Å²) in [5.74, 6) is 0.887. The molecule has 2 atom stereocenters. The van der Waals surface area contributed by atoms with Crippen LogP contribution < -0.4 is 14.8 Å². The summed E-state index contributed by atoms with van der Waals surface area (Å²) in [5, 5.41) is 2.76. The fourth-order valence-electron chi connectivity index (χ4n) is 4.70. The molecule has 0 bridgehead atoms. The van der Waals surface area contributed by atoms with E-state index in [0.29, 0.717) is 17.0 Å². The molecule has 2 aromatic carbocycles. The van der Waals surface area contributed by atoms with Crippen LogP contribution in [0.25, 0.3) is 0 Å². The van der Waals surface area contributed by atoms with Crippen LogP contribution in [0.3, 0.4) is 0 Å². The van der Waals surface area contributed by atoms with Gasteiger partial charge in [-0.15, -0.1) is 0 Å². The van der Waals surface area contributed by atoms with Gasteiger partial charge in [-0.05, 0) is 61.0 Å². The van der Waals surface area contributed by atoms with Crippen LogP contribution in [0.5, 0.6) is 11.5 Å². The number of benzene rings is 2. The number of likely N-dealkylation sites (N-methyl/N-ethyl adjacent to an activating group) is 1. The normalized spacial score (nSPS) is 21.1. The van der Waals surface area contributed by atoms with Crippen LogP contribution in [0, 0.1) is 0 Å². The van der Waals surface area contributed by atoms with Crippen molar-refractivity contribution in [2.24, 2.45) is 0 Å². The van der Waals surface area contributed by atoms with Crippen molar-refractivity contribution in [3.63, 3.8) is 0 Å². The number of ether oxygens (including phenoxy) is 3. The van der Waals surface area contributed by atoms with Gasteiger partial charge in [-0.3, -0.25) is 9.69 Å². The average Bonchev–Trinajstić information content (AvgIpc) is 3.53. The number of fused-ring (bicyclic) bond motifs is 3. The highest BCUT2D eigenvalue weighted by Crippen LogP contribution is 2.48. The van der Waals surface area contributed by atoms with E-state index in [1.165, 1.54) is 11.8 Å². The van der Waals surface area contributed by atoms with Gasteiger partial charge >= 0.3 is 5.97 Å². The Morgan fingerprint density at radius 2 is 1.94 bits per heavy atom. The highest BCUT2D eigenvalue weighted by Gasteiger charge is 2.42. The number of nitrogens with one attached hydrogen (secondary N) is 1. The molecule has 4 heterocycles. The minimum absolute atomic E-state index is 0.151. The lowest BCUT2D eigenvalue weighted by Crippen LogP contribution is -2.36. The average molecular weight is 432 g/mol. The third kappa shape index (κ3) is 2.95. The molecule has 162 valence electrons. The zero-order valence-electron chi connectivity index (χ0n) is 17.3.